The predicted octanol–water partition coefficient (Wildman–Crippen LogP) is 3.68. The molecule has 2 unspecified atom stereocenters. The van der Waals surface area contributed by atoms with Gasteiger partial charge in [-0.1, -0.05) is 22.9 Å². The number of phenols is 1. The lowest BCUT2D eigenvalue weighted by molar-refractivity contribution is 0.413. The van der Waals surface area contributed by atoms with E-state index in [2.05, 4.69) is 45.1 Å². The molecule has 0 fully saturated rings. The molecule has 2 rings (SSSR count). The maximum atomic E-state index is 10.00. The van der Waals surface area contributed by atoms with Crippen molar-refractivity contribution in [3.63, 3.8) is 0 Å². The van der Waals surface area contributed by atoms with E-state index >= 15 is 0 Å². The molecule has 0 radical (unpaired) electrons. The van der Waals surface area contributed by atoms with Crippen molar-refractivity contribution in [3.8, 4) is 5.75 Å². The first-order valence-electron chi connectivity index (χ1n) is 6.35. The molecule has 102 valence electrons. The molecule has 1 aromatic carbocycles. The number of aromatic hydroxyl groups is 1. The van der Waals surface area contributed by atoms with Crippen molar-refractivity contribution in [1.82, 2.24) is 15.3 Å². The number of halogens is 1. The van der Waals surface area contributed by atoms with E-state index in [1.165, 1.54) is 0 Å². The molecule has 0 aliphatic heterocycles. The standard InChI is InChI=1S/C14H18BrN3O/c1-3-12(11-8-10(15)4-5-13(11)19)18-9(2)14-16-6-7-17-14/h4-9,12,18-19H,3H2,1-2H3,(H,16,17). The lowest BCUT2D eigenvalue weighted by atomic mass is 10.0. The summed E-state index contributed by atoms with van der Waals surface area (Å²) in [6.07, 6.45) is 4.44. The van der Waals surface area contributed by atoms with E-state index in [-0.39, 0.29) is 12.1 Å². The average Bonchev–Trinajstić information content (AvgIpc) is 2.93. The van der Waals surface area contributed by atoms with Gasteiger partial charge < -0.3 is 15.4 Å². The Kier molecular flexibility index (Phi) is 4.61. The molecule has 19 heavy (non-hydrogen) atoms. The van der Waals surface area contributed by atoms with E-state index < -0.39 is 0 Å². The van der Waals surface area contributed by atoms with Gasteiger partial charge in [-0.2, -0.15) is 0 Å². The second-order valence-corrected chi connectivity index (χ2v) is 5.44. The largest absolute Gasteiger partial charge is 0.508 e. The summed E-state index contributed by atoms with van der Waals surface area (Å²) in [5, 5.41) is 13.5. The van der Waals surface area contributed by atoms with E-state index in [0.717, 1.165) is 22.3 Å². The molecule has 0 amide bonds. The lowest BCUT2D eigenvalue weighted by Gasteiger charge is -2.22. The molecule has 0 saturated heterocycles. The Morgan fingerprint density at radius 1 is 1.47 bits per heavy atom. The van der Waals surface area contributed by atoms with Crippen LogP contribution in [0, 0.1) is 0 Å². The Hall–Kier alpha value is -1.33. The third-order valence-corrected chi connectivity index (χ3v) is 3.65. The van der Waals surface area contributed by atoms with Gasteiger partial charge >= 0.3 is 0 Å². The topological polar surface area (TPSA) is 60.9 Å². The number of phenolic OH excluding ortho intramolecular Hbond substituents is 1. The minimum Gasteiger partial charge on any atom is -0.508 e. The zero-order chi connectivity index (χ0) is 13.8. The number of imidazole rings is 1. The number of nitrogens with one attached hydrogen (secondary N) is 2. The maximum absolute atomic E-state index is 10.00. The summed E-state index contributed by atoms with van der Waals surface area (Å²) in [6.45, 7) is 4.14. The fraction of sp³-hybridized carbons (Fsp3) is 0.357. The number of rotatable bonds is 5. The summed E-state index contributed by atoms with van der Waals surface area (Å²) in [4.78, 5) is 7.35. The first-order valence-corrected chi connectivity index (χ1v) is 7.14. The van der Waals surface area contributed by atoms with Crippen molar-refractivity contribution in [1.29, 1.82) is 0 Å². The Morgan fingerprint density at radius 2 is 2.26 bits per heavy atom. The van der Waals surface area contributed by atoms with Gasteiger partial charge in [0.15, 0.2) is 0 Å². The summed E-state index contributed by atoms with van der Waals surface area (Å²) in [5.74, 6) is 1.21. The Labute approximate surface area is 121 Å². The van der Waals surface area contributed by atoms with Crippen LogP contribution in [0.1, 0.15) is 43.7 Å². The third kappa shape index (κ3) is 3.36. The van der Waals surface area contributed by atoms with Crippen LogP contribution in [0.5, 0.6) is 5.75 Å². The molecule has 2 atom stereocenters. The molecule has 0 aliphatic rings. The summed E-state index contributed by atoms with van der Waals surface area (Å²) in [6, 6.07) is 5.67. The summed E-state index contributed by atoms with van der Waals surface area (Å²) in [7, 11) is 0. The Bertz CT molecular complexity index is 527. The highest BCUT2D eigenvalue weighted by Gasteiger charge is 2.18. The quantitative estimate of drug-likeness (QED) is 0.786. The maximum Gasteiger partial charge on any atom is 0.122 e. The van der Waals surface area contributed by atoms with Crippen LogP contribution >= 0.6 is 15.9 Å². The van der Waals surface area contributed by atoms with E-state index in [9.17, 15) is 5.11 Å². The second kappa shape index (κ2) is 6.21. The third-order valence-electron chi connectivity index (χ3n) is 3.15. The number of nitrogens with zero attached hydrogens (tertiary/aromatic N) is 1. The molecule has 1 heterocycles. The fourth-order valence-corrected chi connectivity index (χ4v) is 2.51. The smallest absolute Gasteiger partial charge is 0.122 e. The zero-order valence-corrected chi connectivity index (χ0v) is 12.6. The molecular weight excluding hydrogens is 306 g/mol. The molecular formula is C14H18BrN3O. The molecule has 0 bridgehead atoms. The SMILES string of the molecule is CCC(NC(C)c1ncc[nH]1)c1cc(Br)ccc1O. The highest BCUT2D eigenvalue weighted by Crippen LogP contribution is 2.30. The second-order valence-electron chi connectivity index (χ2n) is 4.53. The minimum atomic E-state index is 0.0811. The van der Waals surface area contributed by atoms with Gasteiger partial charge in [0.2, 0.25) is 0 Å². The van der Waals surface area contributed by atoms with Crippen LogP contribution in [-0.2, 0) is 0 Å². The summed E-state index contributed by atoms with van der Waals surface area (Å²) < 4.78 is 0.964. The van der Waals surface area contributed by atoms with Crippen molar-refractivity contribution >= 4 is 15.9 Å². The van der Waals surface area contributed by atoms with Crippen LogP contribution in [0.2, 0.25) is 0 Å². The van der Waals surface area contributed by atoms with Crippen LogP contribution < -0.4 is 5.32 Å². The normalized spacial score (nSPS) is 14.3. The van der Waals surface area contributed by atoms with E-state index in [1.54, 1.807) is 12.3 Å². The molecule has 2 aromatic rings. The zero-order valence-electron chi connectivity index (χ0n) is 11.0. The van der Waals surface area contributed by atoms with Crippen LogP contribution in [0.15, 0.2) is 35.1 Å². The van der Waals surface area contributed by atoms with Gasteiger partial charge in [0.1, 0.15) is 11.6 Å². The molecule has 3 N–H and O–H groups in total. The van der Waals surface area contributed by atoms with E-state index in [4.69, 9.17) is 0 Å². The number of aromatic nitrogens is 2. The fourth-order valence-electron chi connectivity index (χ4n) is 2.13. The number of H-pyrrole nitrogens is 1. The number of hydrogen-bond donors (Lipinski definition) is 3. The molecule has 4 nitrogen and oxygen atoms in total. The van der Waals surface area contributed by atoms with Crippen molar-refractivity contribution in [3.05, 3.63) is 46.5 Å². The molecule has 5 heteroatoms. The average molecular weight is 324 g/mol. The highest BCUT2D eigenvalue weighted by atomic mass is 79.9. The predicted molar refractivity (Wildman–Crippen MR) is 79.0 cm³/mol. The van der Waals surface area contributed by atoms with Crippen molar-refractivity contribution in [2.75, 3.05) is 0 Å². The molecule has 0 spiro atoms. The lowest BCUT2D eigenvalue weighted by Crippen LogP contribution is -2.25. The first-order chi connectivity index (χ1) is 9.11. The summed E-state index contributed by atoms with van der Waals surface area (Å²) >= 11 is 3.44. The Balaban J connectivity index is 2.18. The van der Waals surface area contributed by atoms with Crippen LogP contribution in [0.3, 0.4) is 0 Å². The molecule has 0 aliphatic carbocycles. The molecule has 1 aromatic heterocycles. The number of aromatic amines is 1. The van der Waals surface area contributed by atoms with Gasteiger partial charge in [0.05, 0.1) is 6.04 Å². The van der Waals surface area contributed by atoms with Crippen molar-refractivity contribution in [2.45, 2.75) is 32.4 Å². The highest BCUT2D eigenvalue weighted by molar-refractivity contribution is 9.10. The molecule has 0 saturated carbocycles. The Morgan fingerprint density at radius 3 is 2.89 bits per heavy atom. The van der Waals surface area contributed by atoms with E-state index in [0.29, 0.717) is 5.75 Å². The first kappa shape index (κ1) is 14.1. The van der Waals surface area contributed by atoms with Crippen LogP contribution in [0.4, 0.5) is 0 Å². The van der Waals surface area contributed by atoms with Gasteiger partial charge in [-0.15, -0.1) is 0 Å². The number of benzene rings is 1. The van der Waals surface area contributed by atoms with Gasteiger partial charge in [0.25, 0.3) is 0 Å². The monoisotopic (exact) mass is 323 g/mol. The summed E-state index contributed by atoms with van der Waals surface area (Å²) in [5.41, 5.74) is 0.898. The number of hydrogen-bond acceptors (Lipinski definition) is 3. The van der Waals surface area contributed by atoms with E-state index in [1.807, 2.05) is 18.3 Å². The van der Waals surface area contributed by atoms with Crippen LogP contribution in [-0.4, -0.2) is 15.1 Å². The van der Waals surface area contributed by atoms with Gasteiger partial charge in [-0.3, -0.25) is 0 Å². The van der Waals surface area contributed by atoms with Crippen LogP contribution in [0.25, 0.3) is 0 Å². The van der Waals surface area contributed by atoms with Crippen molar-refractivity contribution in [2.24, 2.45) is 0 Å². The van der Waals surface area contributed by atoms with Crippen molar-refractivity contribution < 1.29 is 5.11 Å². The van der Waals surface area contributed by atoms with Gasteiger partial charge in [-0.05, 0) is 31.5 Å². The van der Waals surface area contributed by atoms with Gasteiger partial charge in [0, 0.05) is 28.5 Å². The van der Waals surface area contributed by atoms with Gasteiger partial charge in [-0.25, -0.2) is 4.98 Å². The minimum absolute atomic E-state index is 0.0811.